The first-order chi connectivity index (χ1) is 17.8. The summed E-state index contributed by atoms with van der Waals surface area (Å²) in [4.78, 5) is 50.6. The number of benzene rings is 1. The van der Waals surface area contributed by atoms with Crippen LogP contribution in [0.4, 0.5) is 26.3 Å². The van der Waals surface area contributed by atoms with Crippen LogP contribution in [-0.4, -0.2) is 65.2 Å². The summed E-state index contributed by atoms with van der Waals surface area (Å²) in [5.74, 6) is -16.4. The van der Waals surface area contributed by atoms with E-state index in [0.717, 1.165) is 0 Å². The molecule has 8 nitrogen and oxygen atoms in total. The van der Waals surface area contributed by atoms with Gasteiger partial charge in [-0.15, -0.1) is 0 Å². The Labute approximate surface area is 213 Å². The minimum atomic E-state index is -2.77. The first-order valence-corrected chi connectivity index (χ1v) is 12.0. The lowest BCUT2D eigenvalue weighted by Gasteiger charge is -2.36. The summed E-state index contributed by atoms with van der Waals surface area (Å²) in [5, 5.41) is 11.4. The summed E-state index contributed by atoms with van der Waals surface area (Å²) < 4.78 is 85.5. The van der Waals surface area contributed by atoms with E-state index >= 15 is 0 Å². The number of rotatable bonds is 9. The number of carboxylic acid groups (broad SMARTS) is 1. The van der Waals surface area contributed by atoms with Crippen LogP contribution in [0.25, 0.3) is 0 Å². The van der Waals surface area contributed by atoms with Crippen molar-refractivity contribution in [3.63, 3.8) is 0 Å². The van der Waals surface area contributed by atoms with Gasteiger partial charge in [-0.2, -0.15) is 8.78 Å². The Bertz CT molecular complexity index is 1060. The van der Waals surface area contributed by atoms with Crippen LogP contribution in [-0.2, 0) is 19.2 Å². The molecule has 1 aliphatic heterocycles. The van der Waals surface area contributed by atoms with Crippen LogP contribution in [0.1, 0.15) is 44.9 Å². The monoisotopic (exact) mass is 552 g/mol. The van der Waals surface area contributed by atoms with Crippen LogP contribution in [0.3, 0.4) is 0 Å². The standard InChI is InChI=1S/C24H26F6N2O6/c25-14-9-15(26)20(28)21(19(14)27)38-11-17(33)16(10-18(34)35)31-22(36)12-3-7-32(8-4-12)23(37)13-1-5-24(29,30)6-2-13/h9,12-13,16H,1-8,10-11H2,(H,31,36)(H,34,35)/t16-/m0/s1. The smallest absolute Gasteiger partial charge is 0.305 e. The molecular formula is C24H26F6N2O6. The maximum absolute atomic E-state index is 13.8. The summed E-state index contributed by atoms with van der Waals surface area (Å²) in [6.07, 6.45) is -1.14. The zero-order valence-corrected chi connectivity index (χ0v) is 20.1. The largest absolute Gasteiger partial charge is 0.481 e. The zero-order chi connectivity index (χ0) is 28.2. The van der Waals surface area contributed by atoms with E-state index in [1.807, 2.05) is 0 Å². The number of carbonyl (C=O) groups excluding carboxylic acids is 3. The average Bonchev–Trinajstić information content (AvgIpc) is 2.86. The number of piperidine rings is 1. The second-order valence-corrected chi connectivity index (χ2v) is 9.44. The van der Waals surface area contributed by atoms with Crippen molar-refractivity contribution in [2.24, 2.45) is 11.8 Å². The van der Waals surface area contributed by atoms with Gasteiger partial charge in [0.2, 0.25) is 29.4 Å². The van der Waals surface area contributed by atoms with Crippen molar-refractivity contribution >= 4 is 23.6 Å². The van der Waals surface area contributed by atoms with Crippen LogP contribution < -0.4 is 10.1 Å². The van der Waals surface area contributed by atoms with E-state index in [2.05, 4.69) is 10.1 Å². The number of ether oxygens (including phenoxy) is 1. The third kappa shape index (κ3) is 7.16. The maximum atomic E-state index is 13.8. The van der Waals surface area contributed by atoms with E-state index in [4.69, 9.17) is 5.11 Å². The van der Waals surface area contributed by atoms with Gasteiger partial charge in [0.25, 0.3) is 0 Å². The van der Waals surface area contributed by atoms with Crippen molar-refractivity contribution in [2.75, 3.05) is 19.7 Å². The van der Waals surface area contributed by atoms with Gasteiger partial charge >= 0.3 is 5.97 Å². The Hall–Kier alpha value is -3.32. The number of hydrogen-bond donors (Lipinski definition) is 2. The Morgan fingerprint density at radius 1 is 0.974 bits per heavy atom. The number of nitrogens with zero attached hydrogens (tertiary/aromatic N) is 1. The highest BCUT2D eigenvalue weighted by atomic mass is 19.3. The van der Waals surface area contributed by atoms with E-state index in [-0.39, 0.29) is 63.6 Å². The number of Topliss-reactive ketones (excluding diaryl/α,β-unsaturated/α-hetero) is 1. The molecule has 0 unspecified atom stereocenters. The minimum absolute atomic E-state index is 0.0563. The highest BCUT2D eigenvalue weighted by molar-refractivity contribution is 5.93. The van der Waals surface area contributed by atoms with Crippen LogP contribution in [0, 0.1) is 35.1 Å². The van der Waals surface area contributed by atoms with Crippen molar-refractivity contribution in [1.82, 2.24) is 10.2 Å². The number of aliphatic carboxylic acids is 1. The van der Waals surface area contributed by atoms with Crippen LogP contribution in [0.2, 0.25) is 0 Å². The fourth-order valence-electron chi connectivity index (χ4n) is 4.54. The Kier molecular flexibility index (Phi) is 9.26. The normalized spacial score (nSPS) is 19.1. The van der Waals surface area contributed by atoms with E-state index in [9.17, 15) is 45.5 Å². The minimum Gasteiger partial charge on any atom is -0.481 e. The number of halogens is 6. The first-order valence-electron chi connectivity index (χ1n) is 12.0. The molecule has 1 aliphatic carbocycles. The number of nitrogens with one attached hydrogen (secondary N) is 1. The molecule has 210 valence electrons. The van der Waals surface area contributed by atoms with Crippen LogP contribution in [0.5, 0.6) is 5.75 Å². The molecule has 1 heterocycles. The lowest BCUT2D eigenvalue weighted by atomic mass is 9.85. The SMILES string of the molecule is O=C(O)C[C@H](NC(=O)C1CCN(C(=O)C2CCC(F)(F)CC2)CC1)C(=O)COc1c(F)c(F)cc(F)c1F. The average molecular weight is 552 g/mol. The van der Waals surface area contributed by atoms with Crippen LogP contribution >= 0.6 is 0 Å². The molecule has 2 aliphatic rings. The molecule has 1 aromatic carbocycles. The summed E-state index contributed by atoms with van der Waals surface area (Å²) in [7, 11) is 0. The van der Waals surface area contributed by atoms with Crippen molar-refractivity contribution in [1.29, 1.82) is 0 Å². The summed E-state index contributed by atoms with van der Waals surface area (Å²) >= 11 is 0. The van der Waals surface area contributed by atoms with Gasteiger partial charge in [0.1, 0.15) is 12.6 Å². The van der Waals surface area contributed by atoms with Gasteiger partial charge in [-0.05, 0) is 25.7 Å². The molecular weight excluding hydrogens is 526 g/mol. The second kappa shape index (κ2) is 12.0. The highest BCUT2D eigenvalue weighted by Crippen LogP contribution is 2.37. The lowest BCUT2D eigenvalue weighted by molar-refractivity contribution is -0.144. The van der Waals surface area contributed by atoms with E-state index in [0.29, 0.717) is 0 Å². The fourth-order valence-corrected chi connectivity index (χ4v) is 4.54. The lowest BCUT2D eigenvalue weighted by Crippen LogP contribution is -2.50. The summed E-state index contributed by atoms with van der Waals surface area (Å²) in [6, 6.07) is -1.73. The second-order valence-electron chi connectivity index (χ2n) is 9.44. The molecule has 0 spiro atoms. The van der Waals surface area contributed by atoms with E-state index in [1.54, 1.807) is 0 Å². The van der Waals surface area contributed by atoms with Crippen LogP contribution in [0.15, 0.2) is 6.07 Å². The van der Waals surface area contributed by atoms with Crippen molar-refractivity contribution in [3.05, 3.63) is 29.3 Å². The van der Waals surface area contributed by atoms with Crippen molar-refractivity contribution in [2.45, 2.75) is 56.9 Å². The number of amides is 2. The van der Waals surface area contributed by atoms with Crippen molar-refractivity contribution in [3.8, 4) is 5.75 Å². The van der Waals surface area contributed by atoms with Gasteiger partial charge in [-0.1, -0.05) is 0 Å². The Morgan fingerprint density at radius 3 is 2.05 bits per heavy atom. The zero-order valence-electron chi connectivity index (χ0n) is 20.1. The number of alkyl halides is 2. The molecule has 0 aromatic heterocycles. The van der Waals surface area contributed by atoms with E-state index < -0.39 is 83.5 Å². The molecule has 1 aromatic rings. The Balaban J connectivity index is 1.55. The molecule has 1 saturated heterocycles. The molecule has 2 fully saturated rings. The molecule has 2 amide bonds. The fraction of sp³-hybridized carbons (Fsp3) is 0.583. The molecule has 3 rings (SSSR count). The van der Waals surface area contributed by atoms with Crippen molar-refractivity contribution < 1.29 is 55.4 Å². The third-order valence-electron chi connectivity index (χ3n) is 6.76. The number of ketones is 1. The van der Waals surface area contributed by atoms with Gasteiger partial charge in [0, 0.05) is 43.8 Å². The summed E-state index contributed by atoms with van der Waals surface area (Å²) in [5.41, 5.74) is 0. The van der Waals surface area contributed by atoms with Gasteiger partial charge in [0.15, 0.2) is 23.2 Å². The number of likely N-dealkylation sites (tertiary alicyclic amines) is 1. The van der Waals surface area contributed by atoms with Gasteiger partial charge in [-0.25, -0.2) is 17.6 Å². The number of hydrogen-bond acceptors (Lipinski definition) is 5. The van der Waals surface area contributed by atoms with Gasteiger partial charge < -0.3 is 20.1 Å². The number of carbonyl (C=O) groups is 4. The molecule has 38 heavy (non-hydrogen) atoms. The molecule has 14 heteroatoms. The Morgan fingerprint density at radius 2 is 1.53 bits per heavy atom. The maximum Gasteiger partial charge on any atom is 0.305 e. The molecule has 0 bridgehead atoms. The van der Waals surface area contributed by atoms with Gasteiger partial charge in [0.05, 0.1) is 6.42 Å². The predicted molar refractivity (Wildman–Crippen MR) is 117 cm³/mol. The molecule has 2 N–H and O–H groups in total. The first kappa shape index (κ1) is 29.2. The predicted octanol–water partition coefficient (Wildman–Crippen LogP) is 3.21. The quantitative estimate of drug-likeness (QED) is 0.360. The molecule has 1 atom stereocenters. The molecule has 0 radical (unpaired) electrons. The summed E-state index contributed by atoms with van der Waals surface area (Å²) in [6.45, 7) is -0.870. The third-order valence-corrected chi connectivity index (χ3v) is 6.76. The van der Waals surface area contributed by atoms with Gasteiger partial charge in [-0.3, -0.25) is 19.2 Å². The topological polar surface area (TPSA) is 113 Å². The highest BCUT2D eigenvalue weighted by Gasteiger charge is 2.40. The number of carboxylic acids is 1. The van der Waals surface area contributed by atoms with E-state index in [1.165, 1.54) is 4.90 Å². The molecule has 1 saturated carbocycles.